The molecule has 0 heterocycles. The maximum absolute atomic E-state index is 12.5. The average Bonchev–Trinajstić information content (AvgIpc) is 3.11. The van der Waals surface area contributed by atoms with Crippen LogP contribution in [0, 0.1) is 0 Å². The van der Waals surface area contributed by atoms with Crippen molar-refractivity contribution in [2.75, 3.05) is 26.4 Å². The highest BCUT2D eigenvalue weighted by Gasteiger charge is 2.25. The Labute approximate surface area is 310 Å². The smallest absolute Gasteiger partial charge is 0.462 e. The van der Waals surface area contributed by atoms with E-state index < -0.39 is 32.5 Å². The van der Waals surface area contributed by atoms with Crippen LogP contribution in [-0.2, 0) is 32.7 Å². The van der Waals surface area contributed by atoms with Gasteiger partial charge in [-0.2, -0.15) is 0 Å². The number of carbonyl (C=O) groups is 2. The zero-order chi connectivity index (χ0) is 37.5. The molecule has 9 nitrogen and oxygen atoms in total. The molecule has 0 saturated carbocycles. The van der Waals surface area contributed by atoms with Crippen LogP contribution in [0.3, 0.4) is 0 Å². The van der Waals surface area contributed by atoms with Gasteiger partial charge in [-0.3, -0.25) is 18.6 Å². The molecule has 2 atom stereocenters. The maximum atomic E-state index is 12.5. The zero-order valence-electron chi connectivity index (χ0n) is 31.8. The summed E-state index contributed by atoms with van der Waals surface area (Å²) in [5.41, 5.74) is 5.33. The van der Waals surface area contributed by atoms with Crippen LogP contribution in [0.4, 0.5) is 0 Å². The summed E-state index contributed by atoms with van der Waals surface area (Å²) in [5.74, 6) is -0.916. The molecule has 0 aromatic heterocycles. The van der Waals surface area contributed by atoms with Crippen LogP contribution in [0.25, 0.3) is 0 Å². The predicted molar refractivity (Wildman–Crippen MR) is 210 cm³/mol. The van der Waals surface area contributed by atoms with Gasteiger partial charge >= 0.3 is 19.8 Å². The third-order valence-electron chi connectivity index (χ3n) is 7.58. The third-order valence-corrected chi connectivity index (χ3v) is 8.56. The van der Waals surface area contributed by atoms with Crippen LogP contribution < -0.4 is 5.73 Å². The van der Waals surface area contributed by atoms with Crippen LogP contribution in [0.1, 0.15) is 142 Å². The number of hydrogen-bond donors (Lipinski definition) is 2. The normalized spacial score (nSPS) is 14.2. The second-order valence-corrected chi connectivity index (χ2v) is 13.9. The van der Waals surface area contributed by atoms with E-state index in [1.54, 1.807) is 0 Å². The molecule has 0 spiro atoms. The Kier molecular flexibility index (Phi) is 35.4. The molecule has 51 heavy (non-hydrogen) atoms. The van der Waals surface area contributed by atoms with Gasteiger partial charge in [-0.1, -0.05) is 125 Å². The average molecular weight is 736 g/mol. The summed E-state index contributed by atoms with van der Waals surface area (Å²) in [5, 5.41) is 0. The monoisotopic (exact) mass is 735 g/mol. The Morgan fingerprint density at radius 1 is 0.608 bits per heavy atom. The Morgan fingerprint density at radius 3 is 1.69 bits per heavy atom. The SMILES string of the molecule is CC/C=C/C/C=C/C/C=C/C/C=C/C/C=C/CCCC(=O)OC[C@H](COP(=O)(O)OCCN)OC(=O)CCCCCCC/C=C/CCCCCC. The third kappa shape index (κ3) is 37.0. The first-order valence-corrected chi connectivity index (χ1v) is 20.9. The number of ether oxygens (including phenoxy) is 2. The lowest BCUT2D eigenvalue weighted by Gasteiger charge is -2.19. The van der Waals surface area contributed by atoms with E-state index in [0.29, 0.717) is 12.8 Å². The van der Waals surface area contributed by atoms with Crippen molar-refractivity contribution >= 4 is 19.8 Å². The van der Waals surface area contributed by atoms with Crippen molar-refractivity contribution in [1.82, 2.24) is 0 Å². The highest BCUT2D eigenvalue weighted by molar-refractivity contribution is 7.47. The quantitative estimate of drug-likeness (QED) is 0.0282. The van der Waals surface area contributed by atoms with Gasteiger partial charge in [-0.25, -0.2) is 4.57 Å². The van der Waals surface area contributed by atoms with Gasteiger partial charge in [0.15, 0.2) is 6.10 Å². The second-order valence-electron chi connectivity index (χ2n) is 12.4. The summed E-state index contributed by atoms with van der Waals surface area (Å²) in [6.07, 6.45) is 43.7. The molecule has 0 rings (SSSR count). The summed E-state index contributed by atoms with van der Waals surface area (Å²) < 4.78 is 32.6. The number of allylic oxidation sites excluding steroid dienone is 12. The fourth-order valence-corrected chi connectivity index (χ4v) is 5.49. The van der Waals surface area contributed by atoms with Gasteiger partial charge < -0.3 is 20.1 Å². The zero-order valence-corrected chi connectivity index (χ0v) is 32.7. The highest BCUT2D eigenvalue weighted by atomic mass is 31.2. The summed E-state index contributed by atoms with van der Waals surface area (Å²) >= 11 is 0. The first-order valence-electron chi connectivity index (χ1n) is 19.4. The molecular weight excluding hydrogens is 665 g/mol. The second kappa shape index (κ2) is 37.2. The van der Waals surface area contributed by atoms with Gasteiger partial charge in [-0.05, 0) is 77.0 Å². The number of carbonyl (C=O) groups excluding carboxylic acids is 2. The van der Waals surface area contributed by atoms with E-state index in [2.05, 4.69) is 80.7 Å². The predicted octanol–water partition coefficient (Wildman–Crippen LogP) is 10.7. The van der Waals surface area contributed by atoms with Gasteiger partial charge in [0.1, 0.15) is 6.61 Å². The number of hydrogen-bond acceptors (Lipinski definition) is 8. The minimum Gasteiger partial charge on any atom is -0.462 e. The van der Waals surface area contributed by atoms with Gasteiger partial charge in [0.25, 0.3) is 0 Å². The molecule has 1 unspecified atom stereocenters. The van der Waals surface area contributed by atoms with Crippen molar-refractivity contribution in [3.63, 3.8) is 0 Å². The molecule has 0 aliphatic carbocycles. The standard InChI is InChI=1S/C41H70NO8P/c1-3-5-7-9-11-13-15-17-18-19-20-22-23-25-27-29-31-33-40(43)47-37-39(38-49-51(45,46)48-36-35-42)50-41(44)34-32-30-28-26-24-21-16-14-12-10-8-6-4-2/h5,7,11,13-14,16-18,20,22,25,27,39H,3-4,6,8-10,12,15,19,21,23-24,26,28-38,42H2,1-2H3,(H,45,46)/b7-5+,13-11+,16-14+,18-17+,22-20+,27-25+/t39-/m1/s1. The Balaban J connectivity index is 4.34. The van der Waals surface area contributed by atoms with Gasteiger partial charge in [-0.15, -0.1) is 0 Å². The largest absolute Gasteiger partial charge is 0.472 e. The molecule has 0 amide bonds. The summed E-state index contributed by atoms with van der Waals surface area (Å²) in [7, 11) is -4.39. The number of phosphoric acid groups is 1. The van der Waals surface area contributed by atoms with Crippen LogP contribution in [0.15, 0.2) is 72.9 Å². The van der Waals surface area contributed by atoms with Gasteiger partial charge in [0.2, 0.25) is 0 Å². The molecule has 0 radical (unpaired) electrons. The van der Waals surface area contributed by atoms with Crippen molar-refractivity contribution in [2.45, 2.75) is 148 Å². The molecule has 0 bridgehead atoms. The fourth-order valence-electron chi connectivity index (χ4n) is 4.72. The molecular formula is C41H70NO8P. The molecule has 0 aromatic carbocycles. The summed E-state index contributed by atoms with van der Waals surface area (Å²) in [6.45, 7) is 3.50. The Morgan fingerprint density at radius 2 is 1.10 bits per heavy atom. The number of phosphoric ester groups is 1. The van der Waals surface area contributed by atoms with Crippen LogP contribution >= 0.6 is 7.82 Å². The van der Waals surface area contributed by atoms with Gasteiger partial charge in [0.05, 0.1) is 13.2 Å². The van der Waals surface area contributed by atoms with E-state index in [-0.39, 0.29) is 32.6 Å². The number of nitrogens with two attached hydrogens (primary N) is 1. The maximum Gasteiger partial charge on any atom is 0.472 e. The molecule has 10 heteroatoms. The topological polar surface area (TPSA) is 134 Å². The number of rotatable bonds is 35. The summed E-state index contributed by atoms with van der Waals surface area (Å²) in [6, 6.07) is 0. The minimum atomic E-state index is -4.39. The molecule has 0 aliphatic rings. The molecule has 0 aliphatic heterocycles. The van der Waals surface area contributed by atoms with Crippen molar-refractivity contribution in [3.05, 3.63) is 72.9 Å². The van der Waals surface area contributed by atoms with Crippen LogP contribution in [0.5, 0.6) is 0 Å². The van der Waals surface area contributed by atoms with E-state index in [9.17, 15) is 19.0 Å². The molecule has 0 fully saturated rings. The van der Waals surface area contributed by atoms with Crippen LogP contribution in [-0.4, -0.2) is 49.3 Å². The van der Waals surface area contributed by atoms with E-state index >= 15 is 0 Å². The summed E-state index contributed by atoms with van der Waals surface area (Å²) in [4.78, 5) is 34.7. The van der Waals surface area contributed by atoms with Crippen molar-refractivity contribution in [2.24, 2.45) is 5.73 Å². The number of unbranched alkanes of at least 4 members (excludes halogenated alkanes) is 10. The number of esters is 2. The molecule has 0 aromatic rings. The van der Waals surface area contributed by atoms with Crippen molar-refractivity contribution in [1.29, 1.82) is 0 Å². The Hall–Kier alpha value is -2.55. The van der Waals surface area contributed by atoms with E-state index in [1.807, 2.05) is 6.08 Å². The van der Waals surface area contributed by atoms with Crippen LogP contribution in [0.2, 0.25) is 0 Å². The van der Waals surface area contributed by atoms with Crippen molar-refractivity contribution in [3.8, 4) is 0 Å². The van der Waals surface area contributed by atoms with E-state index in [0.717, 1.165) is 77.0 Å². The first kappa shape index (κ1) is 48.5. The fraction of sp³-hybridized carbons (Fsp3) is 0.659. The lowest BCUT2D eigenvalue weighted by Crippen LogP contribution is -2.29. The van der Waals surface area contributed by atoms with E-state index in [4.69, 9.17) is 24.3 Å². The molecule has 0 saturated heterocycles. The first-order chi connectivity index (χ1) is 24.8. The molecule has 3 N–H and O–H groups in total. The lowest BCUT2D eigenvalue weighted by molar-refractivity contribution is -0.161. The Bertz CT molecular complexity index is 1070. The minimum absolute atomic E-state index is 0.0411. The highest BCUT2D eigenvalue weighted by Crippen LogP contribution is 2.43. The van der Waals surface area contributed by atoms with E-state index in [1.165, 1.54) is 25.7 Å². The lowest BCUT2D eigenvalue weighted by atomic mass is 10.1. The molecule has 292 valence electrons. The van der Waals surface area contributed by atoms with Gasteiger partial charge in [0, 0.05) is 19.4 Å². The van der Waals surface area contributed by atoms with Crippen molar-refractivity contribution < 1.29 is 37.6 Å².